The molecule has 0 rings (SSSR count). The van der Waals surface area contributed by atoms with Gasteiger partial charge in [0.2, 0.25) is 0 Å². The van der Waals surface area contributed by atoms with E-state index < -0.39 is 6.10 Å². The summed E-state index contributed by atoms with van der Waals surface area (Å²) in [5.74, 6) is -0.879. The molecule has 0 saturated heterocycles. The summed E-state index contributed by atoms with van der Waals surface area (Å²) in [5, 5.41) is 0. The summed E-state index contributed by atoms with van der Waals surface area (Å²) in [4.78, 5) is 38.5. The molecule has 466 valence electrons. The first-order chi connectivity index (χ1) is 40.0. The maximum Gasteiger partial charge on any atom is 0.306 e. The van der Waals surface area contributed by atoms with E-state index in [4.69, 9.17) is 14.2 Å². The Bertz CT molecular complexity index is 1580. The molecule has 0 radical (unpaired) electrons. The van der Waals surface area contributed by atoms with Gasteiger partial charge in [0.25, 0.3) is 0 Å². The van der Waals surface area contributed by atoms with Crippen molar-refractivity contribution in [3.05, 3.63) is 97.2 Å². The van der Waals surface area contributed by atoms with Gasteiger partial charge < -0.3 is 14.2 Å². The SMILES string of the molecule is CC/C=C\C/C=C\C/C=C\C/C=C\CCCCCCCCCCCCCCC(=O)OCC(COC(=O)CCCCCCCCC/C=C\C/C=C\C/C=C\CC)OC(=O)CCCCCCCCCCC/C=C\CCCCCCCCCC. The van der Waals surface area contributed by atoms with Crippen molar-refractivity contribution in [3.8, 4) is 0 Å². The summed E-state index contributed by atoms with van der Waals surface area (Å²) in [6.45, 7) is 6.45. The lowest BCUT2D eigenvalue weighted by molar-refractivity contribution is -0.167. The van der Waals surface area contributed by atoms with E-state index in [1.807, 2.05) is 0 Å². The minimum Gasteiger partial charge on any atom is -0.462 e. The first-order valence-corrected chi connectivity index (χ1v) is 34.7. The molecule has 0 aromatic rings. The number of ether oxygens (including phenoxy) is 3. The van der Waals surface area contributed by atoms with Gasteiger partial charge in [0.1, 0.15) is 13.2 Å². The standard InChI is InChI=1S/C75H130O6/c1-4-7-10-13-16-19-22-25-28-31-33-35-36-37-38-40-41-44-47-50-53-56-59-62-65-68-74(77)80-71-72(70-79-73(76)67-64-61-58-55-52-49-46-43-30-27-24-21-18-15-12-9-6-3)81-75(78)69-66-63-60-57-54-51-48-45-42-39-34-32-29-26-23-20-17-14-11-8-5-2/h7,9-10,12,16,18-19,21,25,27-28,30,32-35,72H,4-6,8,11,13-15,17,20,22-24,26,29,31,36-71H2,1-3H3/b10-7-,12-9-,19-16-,21-18-,28-25-,30-27-,34-32-,35-33-. The van der Waals surface area contributed by atoms with Crippen LogP contribution in [0.5, 0.6) is 0 Å². The van der Waals surface area contributed by atoms with Crippen LogP contribution in [0, 0.1) is 0 Å². The number of rotatable bonds is 63. The Morgan fingerprint density at radius 2 is 0.481 bits per heavy atom. The molecule has 0 aliphatic heterocycles. The van der Waals surface area contributed by atoms with E-state index in [2.05, 4.69) is 118 Å². The second kappa shape index (κ2) is 68.8. The van der Waals surface area contributed by atoms with Crippen LogP contribution >= 0.6 is 0 Å². The molecule has 0 aliphatic rings. The first-order valence-electron chi connectivity index (χ1n) is 34.7. The second-order valence-corrected chi connectivity index (χ2v) is 23.0. The van der Waals surface area contributed by atoms with Crippen molar-refractivity contribution in [3.63, 3.8) is 0 Å². The molecule has 0 saturated carbocycles. The zero-order valence-electron chi connectivity index (χ0n) is 53.5. The molecule has 81 heavy (non-hydrogen) atoms. The van der Waals surface area contributed by atoms with Crippen molar-refractivity contribution in [2.24, 2.45) is 0 Å². The molecule has 6 nitrogen and oxygen atoms in total. The third-order valence-electron chi connectivity index (χ3n) is 15.1. The molecule has 0 spiro atoms. The van der Waals surface area contributed by atoms with Crippen molar-refractivity contribution in [1.29, 1.82) is 0 Å². The highest BCUT2D eigenvalue weighted by atomic mass is 16.6. The van der Waals surface area contributed by atoms with Gasteiger partial charge in [-0.3, -0.25) is 14.4 Å². The van der Waals surface area contributed by atoms with Gasteiger partial charge in [-0.2, -0.15) is 0 Å². The predicted molar refractivity (Wildman–Crippen MR) is 353 cm³/mol. The van der Waals surface area contributed by atoms with E-state index in [-0.39, 0.29) is 31.1 Å². The monoisotopic (exact) mass is 1130 g/mol. The molecule has 1 atom stereocenters. The number of esters is 3. The van der Waals surface area contributed by atoms with Crippen LogP contribution in [0.1, 0.15) is 342 Å². The number of hydrogen-bond acceptors (Lipinski definition) is 6. The van der Waals surface area contributed by atoms with Crippen LogP contribution < -0.4 is 0 Å². The van der Waals surface area contributed by atoms with Crippen LogP contribution in [0.25, 0.3) is 0 Å². The van der Waals surface area contributed by atoms with E-state index in [1.54, 1.807) is 0 Å². The van der Waals surface area contributed by atoms with Gasteiger partial charge in [0.15, 0.2) is 6.10 Å². The minimum atomic E-state index is -0.786. The quantitative estimate of drug-likeness (QED) is 0.0261. The third kappa shape index (κ3) is 67.0. The maximum absolute atomic E-state index is 13.0. The average molecular weight is 1130 g/mol. The second-order valence-electron chi connectivity index (χ2n) is 23.0. The molecule has 0 aliphatic carbocycles. The fourth-order valence-corrected chi connectivity index (χ4v) is 9.92. The highest BCUT2D eigenvalue weighted by Gasteiger charge is 2.19. The number of allylic oxidation sites excluding steroid dienone is 16. The van der Waals surface area contributed by atoms with Gasteiger partial charge in [-0.15, -0.1) is 0 Å². The Labute approximate surface area is 502 Å². The smallest absolute Gasteiger partial charge is 0.306 e. The Kier molecular flexibility index (Phi) is 65.7. The highest BCUT2D eigenvalue weighted by molar-refractivity contribution is 5.71. The Morgan fingerprint density at radius 3 is 0.765 bits per heavy atom. The van der Waals surface area contributed by atoms with Crippen molar-refractivity contribution in [1.82, 2.24) is 0 Å². The lowest BCUT2D eigenvalue weighted by Crippen LogP contribution is -2.30. The molecule has 0 amide bonds. The van der Waals surface area contributed by atoms with Crippen LogP contribution in [0.15, 0.2) is 97.2 Å². The van der Waals surface area contributed by atoms with Gasteiger partial charge in [-0.25, -0.2) is 0 Å². The van der Waals surface area contributed by atoms with Crippen LogP contribution in [-0.4, -0.2) is 37.2 Å². The fraction of sp³-hybridized carbons (Fsp3) is 0.747. The molecular weight excluding hydrogens is 997 g/mol. The summed E-state index contributed by atoms with van der Waals surface area (Å²) in [6.07, 6.45) is 92.8. The van der Waals surface area contributed by atoms with Crippen LogP contribution in [0.3, 0.4) is 0 Å². The summed E-state index contributed by atoms with van der Waals surface area (Å²) in [5.41, 5.74) is 0. The van der Waals surface area contributed by atoms with Crippen molar-refractivity contribution < 1.29 is 28.6 Å². The summed E-state index contributed by atoms with van der Waals surface area (Å²) >= 11 is 0. The van der Waals surface area contributed by atoms with Crippen molar-refractivity contribution in [2.75, 3.05) is 13.2 Å². The number of carbonyl (C=O) groups excluding carboxylic acids is 3. The lowest BCUT2D eigenvalue weighted by Gasteiger charge is -2.18. The van der Waals surface area contributed by atoms with Gasteiger partial charge in [0, 0.05) is 19.3 Å². The molecule has 1 unspecified atom stereocenters. The van der Waals surface area contributed by atoms with Crippen molar-refractivity contribution in [2.45, 2.75) is 348 Å². The van der Waals surface area contributed by atoms with Crippen LogP contribution in [0.4, 0.5) is 0 Å². The predicted octanol–water partition coefficient (Wildman–Crippen LogP) is 24.0. The lowest BCUT2D eigenvalue weighted by atomic mass is 10.0. The first kappa shape index (κ1) is 77.3. The van der Waals surface area contributed by atoms with E-state index >= 15 is 0 Å². The number of hydrogen-bond donors (Lipinski definition) is 0. The number of carbonyl (C=O) groups is 3. The fourth-order valence-electron chi connectivity index (χ4n) is 9.92. The molecule has 0 N–H and O–H groups in total. The Balaban J connectivity index is 4.35. The molecular formula is C75H130O6. The Morgan fingerprint density at radius 1 is 0.259 bits per heavy atom. The molecule has 6 heteroatoms. The summed E-state index contributed by atoms with van der Waals surface area (Å²) in [7, 11) is 0. The van der Waals surface area contributed by atoms with Crippen LogP contribution in [0.2, 0.25) is 0 Å². The molecule has 0 aromatic heterocycles. The molecule has 0 fully saturated rings. The highest BCUT2D eigenvalue weighted by Crippen LogP contribution is 2.17. The zero-order chi connectivity index (χ0) is 58.5. The molecule has 0 bridgehead atoms. The van der Waals surface area contributed by atoms with Gasteiger partial charge in [-0.1, -0.05) is 304 Å². The Hall–Kier alpha value is -3.67. The van der Waals surface area contributed by atoms with E-state index in [1.165, 1.54) is 193 Å². The normalized spacial score (nSPS) is 12.7. The third-order valence-corrected chi connectivity index (χ3v) is 15.1. The van der Waals surface area contributed by atoms with Gasteiger partial charge in [0.05, 0.1) is 0 Å². The average Bonchev–Trinajstić information content (AvgIpc) is 3.47. The van der Waals surface area contributed by atoms with Gasteiger partial charge >= 0.3 is 17.9 Å². The summed E-state index contributed by atoms with van der Waals surface area (Å²) < 4.78 is 17.0. The summed E-state index contributed by atoms with van der Waals surface area (Å²) in [6, 6.07) is 0. The topological polar surface area (TPSA) is 78.9 Å². The molecule has 0 heterocycles. The largest absolute Gasteiger partial charge is 0.462 e. The van der Waals surface area contributed by atoms with E-state index in [0.29, 0.717) is 19.3 Å². The van der Waals surface area contributed by atoms with Crippen LogP contribution in [-0.2, 0) is 28.6 Å². The van der Waals surface area contributed by atoms with Crippen molar-refractivity contribution >= 4 is 17.9 Å². The van der Waals surface area contributed by atoms with E-state index in [9.17, 15) is 14.4 Å². The molecule has 0 aromatic carbocycles. The maximum atomic E-state index is 13.0. The zero-order valence-corrected chi connectivity index (χ0v) is 53.5. The van der Waals surface area contributed by atoms with Gasteiger partial charge in [-0.05, 0) is 116 Å². The van der Waals surface area contributed by atoms with E-state index in [0.717, 1.165) is 109 Å². The number of unbranched alkanes of at least 4 members (excludes halogenated alkanes) is 36. The minimum absolute atomic E-state index is 0.0808.